The number of aliphatic hydroxyl groups is 1. The molecule has 0 heterocycles. The van der Waals surface area contributed by atoms with Gasteiger partial charge in [-0.15, -0.1) is 0 Å². The van der Waals surface area contributed by atoms with E-state index >= 15 is 0 Å². The Hall–Kier alpha value is -1.67. The minimum Gasteiger partial charge on any atom is -0.495 e. The number of aliphatic hydroxyl groups excluding tert-OH is 1. The van der Waals surface area contributed by atoms with Crippen molar-refractivity contribution in [2.45, 2.75) is 17.4 Å². The van der Waals surface area contributed by atoms with Gasteiger partial charge in [0.15, 0.2) is 0 Å². The number of benzene rings is 2. The summed E-state index contributed by atoms with van der Waals surface area (Å²) in [4.78, 5) is -0.290. The maximum absolute atomic E-state index is 13.3. The predicted octanol–water partition coefficient (Wildman–Crippen LogP) is 2.89. The lowest BCUT2D eigenvalue weighted by molar-refractivity contribution is 0.169. The monoisotopic (exact) mass is 373 g/mol. The molecule has 0 amide bonds. The van der Waals surface area contributed by atoms with Gasteiger partial charge in [0.1, 0.15) is 16.5 Å². The molecule has 8 heteroatoms. The van der Waals surface area contributed by atoms with Crippen molar-refractivity contribution in [2.24, 2.45) is 0 Å². The highest BCUT2D eigenvalue weighted by molar-refractivity contribution is 7.89. The van der Waals surface area contributed by atoms with Crippen molar-refractivity contribution in [3.8, 4) is 5.75 Å². The maximum Gasteiger partial charge on any atom is 0.244 e. The van der Waals surface area contributed by atoms with E-state index in [2.05, 4.69) is 4.72 Å². The number of hydrogen-bond donors (Lipinski definition) is 2. The Bertz CT molecular complexity index is 813. The van der Waals surface area contributed by atoms with E-state index in [1.54, 1.807) is 24.3 Å². The molecule has 0 aliphatic rings. The lowest BCUT2D eigenvalue weighted by Crippen LogP contribution is -2.26. The van der Waals surface area contributed by atoms with Crippen molar-refractivity contribution < 1.29 is 22.7 Å². The van der Waals surface area contributed by atoms with Crippen LogP contribution in [0.1, 0.15) is 18.1 Å². The Morgan fingerprint density at radius 1 is 1.29 bits per heavy atom. The molecule has 0 radical (unpaired) electrons. The fraction of sp³-hybridized carbons (Fsp3) is 0.250. The number of sulfonamides is 1. The number of nitrogens with one attached hydrogen (secondary N) is 1. The number of rotatable bonds is 7. The van der Waals surface area contributed by atoms with Crippen molar-refractivity contribution in [2.75, 3.05) is 13.7 Å². The van der Waals surface area contributed by atoms with Crippen molar-refractivity contribution in [3.63, 3.8) is 0 Å². The molecule has 5 nitrogen and oxygen atoms in total. The van der Waals surface area contributed by atoms with Crippen LogP contribution in [0.2, 0.25) is 5.02 Å². The van der Waals surface area contributed by atoms with Crippen molar-refractivity contribution in [1.82, 2.24) is 4.72 Å². The molecule has 0 saturated carbocycles. The van der Waals surface area contributed by atoms with E-state index in [-0.39, 0.29) is 23.6 Å². The molecule has 2 rings (SSSR count). The standard InChI is InChI=1S/C16H17ClFNO4S/c1-23-15-6-5-13(18)10-16(15)24(21,22)19-8-7-14(20)11-3-2-4-12(17)9-11/h2-6,9-10,14,19-20H,7-8H2,1H3. The van der Waals surface area contributed by atoms with Crippen LogP contribution in [-0.4, -0.2) is 27.2 Å². The summed E-state index contributed by atoms with van der Waals surface area (Å²) < 4.78 is 45.1. The molecule has 0 aromatic heterocycles. The Kier molecular flexibility index (Phi) is 6.17. The molecule has 2 N–H and O–H groups in total. The highest BCUT2D eigenvalue weighted by atomic mass is 35.5. The number of methoxy groups -OCH3 is 1. The average molecular weight is 374 g/mol. The predicted molar refractivity (Wildman–Crippen MR) is 89.2 cm³/mol. The van der Waals surface area contributed by atoms with Crippen LogP contribution in [0.15, 0.2) is 47.4 Å². The van der Waals surface area contributed by atoms with Gasteiger partial charge in [-0.1, -0.05) is 23.7 Å². The lowest BCUT2D eigenvalue weighted by atomic mass is 10.1. The molecule has 0 spiro atoms. The third-order valence-electron chi connectivity index (χ3n) is 3.36. The molecule has 130 valence electrons. The van der Waals surface area contributed by atoms with E-state index in [0.717, 1.165) is 12.1 Å². The summed E-state index contributed by atoms with van der Waals surface area (Å²) in [6.07, 6.45) is -0.738. The Labute approximate surface area is 145 Å². The number of ether oxygens (including phenoxy) is 1. The van der Waals surface area contributed by atoms with E-state index in [1.807, 2.05) is 0 Å². The van der Waals surface area contributed by atoms with E-state index in [1.165, 1.54) is 13.2 Å². The zero-order chi connectivity index (χ0) is 17.7. The first-order chi connectivity index (χ1) is 11.3. The minimum absolute atomic E-state index is 0.0321. The summed E-state index contributed by atoms with van der Waals surface area (Å²) in [7, 11) is -2.66. The first-order valence-electron chi connectivity index (χ1n) is 7.10. The maximum atomic E-state index is 13.3. The van der Waals surface area contributed by atoms with E-state index in [4.69, 9.17) is 16.3 Å². The summed E-state index contributed by atoms with van der Waals surface area (Å²) in [5, 5.41) is 10.6. The van der Waals surface area contributed by atoms with Crippen LogP contribution >= 0.6 is 11.6 Å². The second-order valence-corrected chi connectivity index (χ2v) is 7.22. The van der Waals surface area contributed by atoms with Crippen molar-refractivity contribution >= 4 is 21.6 Å². The summed E-state index contributed by atoms with van der Waals surface area (Å²) in [6.45, 7) is -0.0321. The molecule has 2 aromatic carbocycles. The topological polar surface area (TPSA) is 75.6 Å². The molecule has 24 heavy (non-hydrogen) atoms. The fourth-order valence-electron chi connectivity index (χ4n) is 2.15. The van der Waals surface area contributed by atoms with Crippen LogP contribution in [0, 0.1) is 5.82 Å². The zero-order valence-electron chi connectivity index (χ0n) is 12.9. The van der Waals surface area contributed by atoms with Gasteiger partial charge in [0.05, 0.1) is 13.2 Å². The molecule has 0 aliphatic carbocycles. The highest BCUT2D eigenvalue weighted by Crippen LogP contribution is 2.25. The molecule has 2 aromatic rings. The van der Waals surface area contributed by atoms with Crippen molar-refractivity contribution in [3.05, 3.63) is 58.9 Å². The third kappa shape index (κ3) is 4.67. The lowest BCUT2D eigenvalue weighted by Gasteiger charge is -2.13. The van der Waals surface area contributed by atoms with E-state index < -0.39 is 21.9 Å². The fourth-order valence-corrected chi connectivity index (χ4v) is 3.57. The first-order valence-corrected chi connectivity index (χ1v) is 8.96. The summed E-state index contributed by atoms with van der Waals surface area (Å²) in [5.41, 5.74) is 0.588. The van der Waals surface area contributed by atoms with Gasteiger partial charge in [-0.2, -0.15) is 0 Å². The molecular weight excluding hydrogens is 357 g/mol. The molecule has 1 unspecified atom stereocenters. The van der Waals surface area contributed by atoms with Crippen molar-refractivity contribution in [1.29, 1.82) is 0 Å². The van der Waals surface area contributed by atoms with Gasteiger partial charge in [0, 0.05) is 11.6 Å². The third-order valence-corrected chi connectivity index (χ3v) is 5.08. The summed E-state index contributed by atoms with van der Waals surface area (Å²) in [6, 6.07) is 9.91. The first kappa shape index (κ1) is 18.7. The molecule has 1 atom stereocenters. The van der Waals surface area contributed by atoms with Crippen LogP contribution in [0.3, 0.4) is 0 Å². The van der Waals surface area contributed by atoms with Crippen LogP contribution in [0.25, 0.3) is 0 Å². The van der Waals surface area contributed by atoms with E-state index in [0.29, 0.717) is 10.6 Å². The smallest absolute Gasteiger partial charge is 0.244 e. The van der Waals surface area contributed by atoms with Gasteiger partial charge in [-0.05, 0) is 42.3 Å². The zero-order valence-corrected chi connectivity index (χ0v) is 14.4. The Balaban J connectivity index is 2.04. The van der Waals surface area contributed by atoms with Crippen LogP contribution in [0.4, 0.5) is 4.39 Å². The van der Waals surface area contributed by atoms with Gasteiger partial charge in [0.2, 0.25) is 10.0 Å². The molecular formula is C16H17ClFNO4S. The van der Waals surface area contributed by atoms with E-state index in [9.17, 15) is 17.9 Å². The molecule has 0 saturated heterocycles. The number of hydrogen-bond acceptors (Lipinski definition) is 4. The molecule has 0 bridgehead atoms. The average Bonchev–Trinajstić information content (AvgIpc) is 2.54. The molecule has 0 fully saturated rings. The minimum atomic E-state index is -3.96. The summed E-state index contributed by atoms with van der Waals surface area (Å²) in [5.74, 6) is -0.644. The van der Waals surface area contributed by atoms with Gasteiger partial charge in [-0.25, -0.2) is 17.5 Å². The second kappa shape index (κ2) is 7.94. The summed E-state index contributed by atoms with van der Waals surface area (Å²) >= 11 is 5.85. The SMILES string of the molecule is COc1ccc(F)cc1S(=O)(=O)NCCC(O)c1cccc(Cl)c1. The van der Waals surface area contributed by atoms with Gasteiger partial charge >= 0.3 is 0 Å². The van der Waals surface area contributed by atoms with Crippen LogP contribution < -0.4 is 9.46 Å². The normalized spacial score (nSPS) is 12.8. The van der Waals surface area contributed by atoms with Crippen LogP contribution in [-0.2, 0) is 10.0 Å². The molecule has 0 aliphatic heterocycles. The largest absolute Gasteiger partial charge is 0.495 e. The van der Waals surface area contributed by atoms with Gasteiger partial charge in [-0.3, -0.25) is 0 Å². The highest BCUT2D eigenvalue weighted by Gasteiger charge is 2.20. The van der Waals surface area contributed by atoms with Gasteiger partial charge in [0.25, 0.3) is 0 Å². The Morgan fingerprint density at radius 2 is 2.04 bits per heavy atom. The Morgan fingerprint density at radius 3 is 2.71 bits per heavy atom. The van der Waals surface area contributed by atoms with Crippen LogP contribution in [0.5, 0.6) is 5.75 Å². The number of halogens is 2. The quantitative estimate of drug-likeness (QED) is 0.782. The van der Waals surface area contributed by atoms with Gasteiger partial charge < -0.3 is 9.84 Å². The second-order valence-electron chi connectivity index (χ2n) is 5.05.